The predicted octanol–water partition coefficient (Wildman–Crippen LogP) is 2.26. The third-order valence-electron chi connectivity index (χ3n) is 3.42. The van der Waals surface area contributed by atoms with Crippen LogP contribution in [0, 0.1) is 5.92 Å². The molecule has 122 valence electrons. The van der Waals surface area contributed by atoms with Crippen LogP contribution in [0.4, 0.5) is 4.79 Å². The highest BCUT2D eigenvalue weighted by Gasteiger charge is 2.29. The summed E-state index contributed by atoms with van der Waals surface area (Å²) in [4.78, 5) is 25.4. The van der Waals surface area contributed by atoms with Crippen LogP contribution in [0.3, 0.4) is 0 Å². The lowest BCUT2D eigenvalue weighted by molar-refractivity contribution is -0.143. The SMILES string of the molecule is COC(=O)C1C=C2OCCN(C(=O)OC(C)(C)C)CC2=CC1. The second kappa shape index (κ2) is 6.42. The van der Waals surface area contributed by atoms with Crippen LogP contribution < -0.4 is 0 Å². The summed E-state index contributed by atoms with van der Waals surface area (Å²) in [5.74, 6) is 0.0594. The molecule has 0 radical (unpaired) electrons. The summed E-state index contributed by atoms with van der Waals surface area (Å²) < 4.78 is 15.8. The topological polar surface area (TPSA) is 65.1 Å². The quantitative estimate of drug-likeness (QED) is 0.695. The van der Waals surface area contributed by atoms with Crippen molar-refractivity contribution in [1.82, 2.24) is 4.90 Å². The van der Waals surface area contributed by atoms with Crippen molar-refractivity contribution in [2.45, 2.75) is 32.8 Å². The van der Waals surface area contributed by atoms with Crippen LogP contribution in [-0.2, 0) is 19.0 Å². The smallest absolute Gasteiger partial charge is 0.410 e. The molecule has 6 nitrogen and oxygen atoms in total. The zero-order valence-corrected chi connectivity index (χ0v) is 13.5. The van der Waals surface area contributed by atoms with Gasteiger partial charge in [0.15, 0.2) is 0 Å². The Morgan fingerprint density at radius 1 is 1.36 bits per heavy atom. The first-order valence-electron chi connectivity index (χ1n) is 7.40. The van der Waals surface area contributed by atoms with Crippen molar-refractivity contribution in [1.29, 1.82) is 0 Å². The molecular weight excluding hydrogens is 286 g/mol. The number of rotatable bonds is 1. The molecule has 1 unspecified atom stereocenters. The average molecular weight is 309 g/mol. The molecule has 0 N–H and O–H groups in total. The molecule has 2 aliphatic rings. The van der Waals surface area contributed by atoms with Gasteiger partial charge in [-0.3, -0.25) is 4.79 Å². The van der Waals surface area contributed by atoms with Gasteiger partial charge in [-0.1, -0.05) is 6.08 Å². The van der Waals surface area contributed by atoms with Crippen LogP contribution in [0.5, 0.6) is 0 Å². The van der Waals surface area contributed by atoms with E-state index in [0.717, 1.165) is 5.57 Å². The Morgan fingerprint density at radius 3 is 2.73 bits per heavy atom. The zero-order valence-electron chi connectivity index (χ0n) is 13.5. The van der Waals surface area contributed by atoms with E-state index in [4.69, 9.17) is 14.2 Å². The highest BCUT2D eigenvalue weighted by molar-refractivity contribution is 5.75. The summed E-state index contributed by atoms with van der Waals surface area (Å²) in [6.45, 7) is 6.76. The molecule has 0 aromatic carbocycles. The third kappa shape index (κ3) is 4.02. The molecule has 0 spiro atoms. The second-order valence-corrected chi connectivity index (χ2v) is 6.38. The van der Waals surface area contributed by atoms with Crippen LogP contribution in [-0.4, -0.2) is 49.4 Å². The number of hydrogen-bond donors (Lipinski definition) is 0. The third-order valence-corrected chi connectivity index (χ3v) is 3.42. The summed E-state index contributed by atoms with van der Waals surface area (Å²) in [6.07, 6.45) is 3.91. The summed E-state index contributed by atoms with van der Waals surface area (Å²) in [6, 6.07) is 0. The van der Waals surface area contributed by atoms with Crippen LogP contribution in [0.2, 0.25) is 0 Å². The molecule has 1 aliphatic carbocycles. The molecule has 6 heteroatoms. The van der Waals surface area contributed by atoms with Gasteiger partial charge in [0, 0.05) is 5.57 Å². The molecule has 1 heterocycles. The van der Waals surface area contributed by atoms with E-state index in [1.165, 1.54) is 7.11 Å². The van der Waals surface area contributed by atoms with Gasteiger partial charge in [-0.05, 0) is 33.3 Å². The Morgan fingerprint density at radius 2 is 2.09 bits per heavy atom. The van der Waals surface area contributed by atoms with Gasteiger partial charge in [0.1, 0.15) is 18.0 Å². The van der Waals surface area contributed by atoms with E-state index in [1.54, 1.807) is 11.0 Å². The molecule has 22 heavy (non-hydrogen) atoms. The monoisotopic (exact) mass is 309 g/mol. The van der Waals surface area contributed by atoms with E-state index < -0.39 is 5.60 Å². The Hall–Kier alpha value is -1.98. The number of methoxy groups -OCH3 is 1. The van der Waals surface area contributed by atoms with Crippen LogP contribution >= 0.6 is 0 Å². The van der Waals surface area contributed by atoms with Crippen molar-refractivity contribution >= 4 is 12.1 Å². The highest BCUT2D eigenvalue weighted by Crippen LogP contribution is 2.27. The standard InChI is InChI=1S/C16H23NO5/c1-16(2,3)22-15(19)17-7-8-21-13-9-11(14(18)20-4)5-6-12(13)10-17/h6,9,11H,5,7-8,10H2,1-4H3. The summed E-state index contributed by atoms with van der Waals surface area (Å²) in [7, 11) is 1.37. The molecule has 0 aromatic heterocycles. The normalized spacial score (nSPS) is 21.6. The minimum atomic E-state index is -0.528. The molecule has 0 aromatic rings. The number of ether oxygens (including phenoxy) is 3. The number of nitrogens with zero attached hydrogens (tertiary/aromatic N) is 1. The van der Waals surface area contributed by atoms with E-state index in [9.17, 15) is 9.59 Å². The molecule has 0 saturated carbocycles. The van der Waals surface area contributed by atoms with Crippen molar-refractivity contribution in [3.63, 3.8) is 0 Å². The first-order chi connectivity index (χ1) is 10.3. The van der Waals surface area contributed by atoms with Gasteiger partial charge in [0.2, 0.25) is 0 Å². The van der Waals surface area contributed by atoms with Crippen LogP contribution in [0.15, 0.2) is 23.5 Å². The van der Waals surface area contributed by atoms with Gasteiger partial charge in [-0.15, -0.1) is 0 Å². The van der Waals surface area contributed by atoms with Gasteiger partial charge in [0.05, 0.1) is 26.1 Å². The molecule has 1 fully saturated rings. The zero-order chi connectivity index (χ0) is 16.3. The molecule has 2 rings (SSSR count). The predicted molar refractivity (Wildman–Crippen MR) is 80.0 cm³/mol. The minimum absolute atomic E-state index is 0.278. The Balaban J connectivity index is 2.07. The highest BCUT2D eigenvalue weighted by atomic mass is 16.6. The average Bonchev–Trinajstić information content (AvgIpc) is 2.66. The maximum atomic E-state index is 12.2. The van der Waals surface area contributed by atoms with Crippen molar-refractivity contribution in [3.8, 4) is 0 Å². The number of carbonyl (C=O) groups excluding carboxylic acids is 2. The fourth-order valence-electron chi connectivity index (χ4n) is 2.36. The van der Waals surface area contributed by atoms with Crippen molar-refractivity contribution in [2.75, 3.05) is 26.8 Å². The van der Waals surface area contributed by atoms with E-state index in [-0.39, 0.29) is 18.0 Å². The first-order valence-corrected chi connectivity index (χ1v) is 7.40. The van der Waals surface area contributed by atoms with E-state index >= 15 is 0 Å². The number of fused-ring (bicyclic) bond motifs is 1. The second-order valence-electron chi connectivity index (χ2n) is 6.38. The van der Waals surface area contributed by atoms with Crippen LogP contribution in [0.1, 0.15) is 27.2 Å². The molecule has 1 saturated heterocycles. The van der Waals surface area contributed by atoms with Gasteiger partial charge in [-0.25, -0.2) is 4.79 Å². The van der Waals surface area contributed by atoms with Crippen molar-refractivity contribution in [3.05, 3.63) is 23.5 Å². The fraction of sp³-hybridized carbons (Fsp3) is 0.625. The maximum absolute atomic E-state index is 12.2. The number of carbonyl (C=O) groups is 2. The van der Waals surface area contributed by atoms with Crippen LogP contribution in [0.25, 0.3) is 0 Å². The maximum Gasteiger partial charge on any atom is 0.410 e. The van der Waals surface area contributed by atoms with Crippen molar-refractivity contribution in [2.24, 2.45) is 5.92 Å². The van der Waals surface area contributed by atoms with Gasteiger partial charge < -0.3 is 19.1 Å². The van der Waals surface area contributed by atoms with E-state index in [1.807, 2.05) is 26.8 Å². The van der Waals surface area contributed by atoms with Gasteiger partial charge >= 0.3 is 12.1 Å². The number of amides is 1. The molecule has 1 aliphatic heterocycles. The lowest BCUT2D eigenvalue weighted by Gasteiger charge is -2.26. The number of esters is 1. The van der Waals surface area contributed by atoms with Gasteiger partial charge in [-0.2, -0.15) is 0 Å². The molecule has 1 amide bonds. The Kier molecular flexibility index (Phi) is 4.78. The largest absolute Gasteiger partial charge is 0.492 e. The lowest BCUT2D eigenvalue weighted by atomic mass is 9.95. The lowest BCUT2D eigenvalue weighted by Crippen LogP contribution is -2.38. The number of hydrogen-bond acceptors (Lipinski definition) is 5. The van der Waals surface area contributed by atoms with E-state index in [0.29, 0.717) is 31.9 Å². The van der Waals surface area contributed by atoms with Crippen molar-refractivity contribution < 1.29 is 23.8 Å². The first kappa shape index (κ1) is 16.4. The molecule has 0 bridgehead atoms. The summed E-state index contributed by atoms with van der Waals surface area (Å²) >= 11 is 0. The number of allylic oxidation sites excluding steroid dienone is 1. The van der Waals surface area contributed by atoms with Gasteiger partial charge in [0.25, 0.3) is 0 Å². The van der Waals surface area contributed by atoms with E-state index in [2.05, 4.69) is 0 Å². The Labute approximate surface area is 130 Å². The fourth-order valence-corrected chi connectivity index (χ4v) is 2.36. The molecular formula is C16H23NO5. The Bertz CT molecular complexity index is 515. The summed E-state index contributed by atoms with van der Waals surface area (Å²) in [5.41, 5.74) is 0.378. The summed E-state index contributed by atoms with van der Waals surface area (Å²) in [5, 5.41) is 0. The molecule has 1 atom stereocenters. The minimum Gasteiger partial charge on any atom is -0.492 e.